The zero-order valence-electron chi connectivity index (χ0n) is 29.2. The van der Waals surface area contributed by atoms with Gasteiger partial charge in [0.1, 0.15) is 41.1 Å². The number of benzene rings is 2. The van der Waals surface area contributed by atoms with Gasteiger partial charge in [0.2, 0.25) is 17.5 Å². The number of hydrogen-bond donors (Lipinski definition) is 3. The highest BCUT2D eigenvalue weighted by Gasteiger charge is 2.32. The molecule has 1 aromatic heterocycles. The maximum absolute atomic E-state index is 13.7. The molecule has 270 valence electrons. The third-order valence-electron chi connectivity index (χ3n) is 8.43. The van der Waals surface area contributed by atoms with E-state index in [1.54, 1.807) is 43.3 Å². The van der Waals surface area contributed by atoms with Crippen molar-refractivity contribution >= 4 is 23.7 Å². The SMILES string of the molecule is COc1cc(C(CC(=O)NCCOc2ncccc2C#N)c2c(O)cc3c(c2O)C(=O)O[C@@H](C)CCCC(=O)CCC/C=C/3)cc(OC)c1OC. The number of Topliss-reactive ketones (excluding diaryl/α,β-unsaturated/α-hetero) is 1. The van der Waals surface area contributed by atoms with Crippen LogP contribution in [0.2, 0.25) is 0 Å². The number of pyridine rings is 1. The largest absolute Gasteiger partial charge is 0.507 e. The van der Waals surface area contributed by atoms with E-state index in [2.05, 4.69) is 10.3 Å². The Labute approximate surface area is 296 Å². The number of carbonyl (C=O) groups is 3. The number of phenolic OH excluding ortho intramolecular Hbond substituents is 2. The normalized spacial score (nSPS) is 16.3. The quantitative estimate of drug-likeness (QED) is 0.166. The summed E-state index contributed by atoms with van der Waals surface area (Å²) in [6.07, 6.45) is 6.96. The minimum atomic E-state index is -1.04. The second-order valence-electron chi connectivity index (χ2n) is 11.9. The van der Waals surface area contributed by atoms with Crippen molar-refractivity contribution in [1.29, 1.82) is 5.26 Å². The summed E-state index contributed by atoms with van der Waals surface area (Å²) in [6.45, 7) is 1.76. The van der Waals surface area contributed by atoms with E-state index in [1.165, 1.54) is 33.6 Å². The van der Waals surface area contributed by atoms with Gasteiger partial charge in [-0.15, -0.1) is 0 Å². The minimum Gasteiger partial charge on any atom is -0.507 e. The van der Waals surface area contributed by atoms with Gasteiger partial charge in [-0.2, -0.15) is 5.26 Å². The van der Waals surface area contributed by atoms with Crippen molar-refractivity contribution in [3.8, 4) is 40.7 Å². The molecule has 2 atom stereocenters. The van der Waals surface area contributed by atoms with Crippen LogP contribution in [0.5, 0.6) is 34.6 Å². The molecule has 1 aliphatic heterocycles. The molecule has 2 heterocycles. The third kappa shape index (κ3) is 9.69. The lowest BCUT2D eigenvalue weighted by molar-refractivity contribution is -0.121. The van der Waals surface area contributed by atoms with Gasteiger partial charge in [0.05, 0.1) is 34.0 Å². The Morgan fingerprint density at radius 1 is 1.10 bits per heavy atom. The van der Waals surface area contributed by atoms with Crippen LogP contribution in [0.4, 0.5) is 0 Å². The van der Waals surface area contributed by atoms with Gasteiger partial charge in [0, 0.05) is 36.9 Å². The van der Waals surface area contributed by atoms with Crippen LogP contribution in [0, 0.1) is 11.3 Å². The fraction of sp³-hybridized carbons (Fsp3) is 0.395. The number of hydrogen-bond acceptors (Lipinski definition) is 12. The lowest BCUT2D eigenvalue weighted by Gasteiger charge is -2.24. The molecular weight excluding hydrogens is 658 g/mol. The van der Waals surface area contributed by atoms with Crippen LogP contribution in [0.3, 0.4) is 0 Å². The third-order valence-corrected chi connectivity index (χ3v) is 8.43. The molecule has 0 saturated heterocycles. The van der Waals surface area contributed by atoms with Gasteiger partial charge in [-0.3, -0.25) is 9.59 Å². The van der Waals surface area contributed by atoms with Gasteiger partial charge < -0.3 is 39.2 Å². The van der Waals surface area contributed by atoms with Gasteiger partial charge in [-0.25, -0.2) is 9.78 Å². The van der Waals surface area contributed by atoms with Gasteiger partial charge >= 0.3 is 5.97 Å². The lowest BCUT2D eigenvalue weighted by atomic mass is 9.84. The molecule has 13 nitrogen and oxygen atoms in total. The first-order valence-electron chi connectivity index (χ1n) is 16.6. The average Bonchev–Trinajstić information content (AvgIpc) is 3.11. The second-order valence-corrected chi connectivity index (χ2v) is 11.9. The number of nitrogens with one attached hydrogen (secondary N) is 1. The zero-order valence-corrected chi connectivity index (χ0v) is 29.2. The Bertz CT molecular complexity index is 1770. The molecule has 2 aromatic carbocycles. The van der Waals surface area contributed by atoms with Crippen LogP contribution in [-0.4, -0.2) is 73.4 Å². The maximum atomic E-state index is 13.7. The maximum Gasteiger partial charge on any atom is 0.342 e. The van der Waals surface area contributed by atoms with E-state index in [-0.39, 0.29) is 76.5 Å². The number of ether oxygens (including phenoxy) is 5. The number of amides is 1. The standard InChI is InChI=1S/C38H43N3O10/c1-23-10-8-14-27(42)13-7-5-6-11-24-18-29(43)34(35(45)33(24)38(46)51-23)28(26-19-30(47-2)36(49-4)31(20-26)48-3)21-32(44)40-16-17-50-37-25(22-39)12-9-15-41-37/h6,9,11-12,15,18-20,23,28,43,45H,5,7-8,10,13-14,16-17,21H2,1-4H3,(H,40,44)/b11-6+/t23-,28?/m0/s1. The molecule has 1 aliphatic rings. The zero-order chi connectivity index (χ0) is 36.9. The van der Waals surface area contributed by atoms with Crippen LogP contribution in [-0.2, 0) is 14.3 Å². The van der Waals surface area contributed by atoms with Crippen molar-refractivity contribution in [2.24, 2.45) is 0 Å². The molecule has 0 spiro atoms. The molecule has 0 aliphatic carbocycles. The molecule has 3 aromatic rings. The summed E-state index contributed by atoms with van der Waals surface area (Å²) in [5.74, 6) is -2.17. The number of aromatic nitrogens is 1. The average molecular weight is 702 g/mol. The Hall–Kier alpha value is -5.77. The summed E-state index contributed by atoms with van der Waals surface area (Å²) < 4.78 is 27.9. The first-order valence-corrected chi connectivity index (χ1v) is 16.6. The summed E-state index contributed by atoms with van der Waals surface area (Å²) in [6, 6.07) is 9.71. The van der Waals surface area contributed by atoms with E-state index in [4.69, 9.17) is 23.7 Å². The molecule has 51 heavy (non-hydrogen) atoms. The molecule has 1 unspecified atom stereocenters. The Morgan fingerprint density at radius 3 is 2.51 bits per heavy atom. The predicted molar refractivity (Wildman–Crippen MR) is 186 cm³/mol. The predicted octanol–water partition coefficient (Wildman–Crippen LogP) is 5.59. The van der Waals surface area contributed by atoms with E-state index in [9.17, 15) is 29.9 Å². The van der Waals surface area contributed by atoms with Crippen molar-refractivity contribution in [3.63, 3.8) is 0 Å². The number of ketones is 1. The van der Waals surface area contributed by atoms with Crippen molar-refractivity contribution in [3.05, 3.63) is 70.4 Å². The number of esters is 1. The van der Waals surface area contributed by atoms with E-state index in [0.717, 1.165) is 0 Å². The number of rotatable bonds is 11. The number of nitriles is 1. The molecule has 1 amide bonds. The van der Waals surface area contributed by atoms with Crippen molar-refractivity contribution in [2.75, 3.05) is 34.5 Å². The van der Waals surface area contributed by atoms with Crippen LogP contribution in [0.15, 0.2) is 42.6 Å². The van der Waals surface area contributed by atoms with E-state index in [0.29, 0.717) is 44.1 Å². The van der Waals surface area contributed by atoms with E-state index >= 15 is 0 Å². The first kappa shape index (κ1) is 38.0. The van der Waals surface area contributed by atoms with Gasteiger partial charge in [-0.1, -0.05) is 12.2 Å². The number of allylic oxidation sites excluding steroid dienone is 1. The monoisotopic (exact) mass is 701 g/mol. The highest BCUT2D eigenvalue weighted by Crippen LogP contribution is 2.47. The number of phenols is 2. The summed E-state index contributed by atoms with van der Waals surface area (Å²) in [4.78, 5) is 43.5. The first-order chi connectivity index (χ1) is 24.6. The summed E-state index contributed by atoms with van der Waals surface area (Å²) in [5.41, 5.74) is 0.597. The summed E-state index contributed by atoms with van der Waals surface area (Å²) in [5, 5.41) is 35.5. The molecule has 4 rings (SSSR count). The lowest BCUT2D eigenvalue weighted by Crippen LogP contribution is -2.29. The number of methoxy groups -OCH3 is 3. The molecular formula is C38H43N3O10. The van der Waals surface area contributed by atoms with E-state index in [1.807, 2.05) is 6.07 Å². The Kier molecular flexibility index (Phi) is 13.6. The fourth-order valence-corrected chi connectivity index (χ4v) is 5.89. The number of cyclic esters (lactones) is 1. The minimum absolute atomic E-state index is 0.00610. The topological polar surface area (TPSA) is 187 Å². The highest BCUT2D eigenvalue weighted by atomic mass is 16.5. The van der Waals surface area contributed by atoms with Gasteiger partial charge in [0.25, 0.3) is 0 Å². The van der Waals surface area contributed by atoms with Crippen molar-refractivity contribution in [1.82, 2.24) is 10.3 Å². The highest BCUT2D eigenvalue weighted by molar-refractivity contribution is 5.98. The summed E-state index contributed by atoms with van der Waals surface area (Å²) in [7, 11) is 4.31. The number of nitrogens with zero attached hydrogens (tertiary/aromatic N) is 2. The second kappa shape index (κ2) is 18.3. The molecule has 0 fully saturated rings. The van der Waals surface area contributed by atoms with E-state index < -0.39 is 29.6 Å². The molecule has 0 bridgehead atoms. The molecule has 0 saturated carbocycles. The van der Waals surface area contributed by atoms with Crippen LogP contribution >= 0.6 is 0 Å². The van der Waals surface area contributed by atoms with Crippen LogP contribution < -0.4 is 24.3 Å². The Morgan fingerprint density at radius 2 is 1.82 bits per heavy atom. The number of aromatic hydroxyl groups is 2. The fourth-order valence-electron chi connectivity index (χ4n) is 5.89. The number of carbonyl (C=O) groups excluding carboxylic acids is 3. The van der Waals surface area contributed by atoms with Crippen molar-refractivity contribution in [2.45, 2.75) is 63.9 Å². The summed E-state index contributed by atoms with van der Waals surface area (Å²) >= 11 is 0. The van der Waals surface area contributed by atoms with Gasteiger partial charge in [-0.05, 0) is 74.1 Å². The number of fused-ring (bicyclic) bond motifs is 1. The Balaban J connectivity index is 1.75. The van der Waals surface area contributed by atoms with Crippen LogP contribution in [0.1, 0.15) is 90.4 Å². The molecule has 13 heteroatoms. The van der Waals surface area contributed by atoms with Crippen LogP contribution in [0.25, 0.3) is 6.08 Å². The molecule has 3 N–H and O–H groups in total. The van der Waals surface area contributed by atoms with Gasteiger partial charge in [0.15, 0.2) is 11.5 Å². The van der Waals surface area contributed by atoms with Crippen molar-refractivity contribution < 1.29 is 48.3 Å². The smallest absolute Gasteiger partial charge is 0.342 e. The molecule has 0 radical (unpaired) electrons.